The number of benzene rings is 2. The van der Waals surface area contributed by atoms with E-state index in [1.54, 1.807) is 7.11 Å². The smallest absolute Gasteiger partial charge is 0.461 e. The molecule has 138 valence electrons. The van der Waals surface area contributed by atoms with Gasteiger partial charge in [-0.2, -0.15) is 0 Å². The molecular weight excluding hydrogens is 323 g/mol. The normalized spacial score (nSPS) is 20.6. The van der Waals surface area contributed by atoms with Crippen LogP contribution < -0.4 is 4.74 Å². The molecule has 0 spiro atoms. The molecule has 1 aliphatic rings. The molecule has 0 bridgehead atoms. The number of methoxy groups -OCH3 is 1. The zero-order valence-electron chi connectivity index (χ0n) is 16.7. The molecule has 3 nitrogen and oxygen atoms in total. The van der Waals surface area contributed by atoms with Crippen LogP contribution in [0, 0.1) is 0 Å². The zero-order chi connectivity index (χ0) is 18.9. The van der Waals surface area contributed by atoms with Gasteiger partial charge >= 0.3 is 7.12 Å². The largest absolute Gasteiger partial charge is 0.497 e. The minimum atomic E-state index is -0.326. The molecule has 0 amide bonds. The van der Waals surface area contributed by atoms with Crippen LogP contribution in [0.15, 0.2) is 54.6 Å². The van der Waals surface area contributed by atoms with Crippen molar-refractivity contribution in [2.24, 2.45) is 0 Å². The first-order chi connectivity index (χ1) is 12.2. The molecule has 2 aromatic rings. The summed E-state index contributed by atoms with van der Waals surface area (Å²) in [5.74, 6) is 1.20. The molecule has 0 radical (unpaired) electrons. The molecule has 0 saturated carbocycles. The fraction of sp³-hybridized carbons (Fsp3) is 0.455. The van der Waals surface area contributed by atoms with Crippen molar-refractivity contribution in [3.8, 4) is 5.75 Å². The van der Waals surface area contributed by atoms with Crippen molar-refractivity contribution in [1.29, 1.82) is 0 Å². The van der Waals surface area contributed by atoms with Crippen molar-refractivity contribution in [2.45, 2.75) is 57.6 Å². The highest BCUT2D eigenvalue weighted by molar-refractivity contribution is 6.47. The number of ether oxygens (including phenoxy) is 1. The highest BCUT2D eigenvalue weighted by Gasteiger charge is 2.54. The molecule has 4 heteroatoms. The van der Waals surface area contributed by atoms with Gasteiger partial charge in [0.05, 0.1) is 18.3 Å². The lowest BCUT2D eigenvalue weighted by Gasteiger charge is -2.32. The Labute approximate surface area is 157 Å². The lowest BCUT2D eigenvalue weighted by atomic mass is 9.62. The number of hydrogen-bond donors (Lipinski definition) is 0. The molecule has 26 heavy (non-hydrogen) atoms. The highest BCUT2D eigenvalue weighted by atomic mass is 16.7. The van der Waals surface area contributed by atoms with Gasteiger partial charge in [0.15, 0.2) is 0 Å². The molecule has 0 aliphatic carbocycles. The third-order valence-corrected chi connectivity index (χ3v) is 5.86. The van der Waals surface area contributed by atoms with E-state index in [0.29, 0.717) is 0 Å². The third-order valence-electron chi connectivity index (χ3n) is 5.86. The van der Waals surface area contributed by atoms with Crippen LogP contribution in [0.4, 0.5) is 0 Å². The van der Waals surface area contributed by atoms with E-state index in [1.165, 1.54) is 11.1 Å². The van der Waals surface area contributed by atoms with E-state index >= 15 is 0 Å². The molecule has 2 aromatic carbocycles. The maximum atomic E-state index is 6.35. The second-order valence-corrected chi connectivity index (χ2v) is 8.15. The maximum absolute atomic E-state index is 6.35. The Morgan fingerprint density at radius 2 is 1.31 bits per heavy atom. The monoisotopic (exact) mass is 352 g/mol. The van der Waals surface area contributed by atoms with Gasteiger partial charge in [0.1, 0.15) is 5.75 Å². The van der Waals surface area contributed by atoms with Gasteiger partial charge in [-0.1, -0.05) is 49.4 Å². The summed E-state index contributed by atoms with van der Waals surface area (Å²) in [7, 11) is 1.43. The van der Waals surface area contributed by atoms with Gasteiger partial charge in [0, 0.05) is 11.7 Å². The van der Waals surface area contributed by atoms with Crippen LogP contribution in [-0.4, -0.2) is 25.4 Å². The summed E-state index contributed by atoms with van der Waals surface area (Å²) in [6, 6.07) is 18.9. The molecule has 1 fully saturated rings. The molecule has 1 saturated heterocycles. The predicted octanol–water partition coefficient (Wildman–Crippen LogP) is 5.31. The van der Waals surface area contributed by atoms with Gasteiger partial charge in [0.2, 0.25) is 0 Å². The topological polar surface area (TPSA) is 27.7 Å². The SMILES string of the molecule is COc1ccc([C@@H](c2ccccc2)[C@@H](C)B2OC(C)(C)C(C)(C)O2)cc1. The first-order valence-electron chi connectivity index (χ1n) is 9.30. The molecule has 3 rings (SSSR count). The van der Waals surface area contributed by atoms with Crippen LogP contribution in [-0.2, 0) is 9.31 Å². The molecule has 2 atom stereocenters. The van der Waals surface area contributed by atoms with Crippen molar-refractivity contribution in [2.75, 3.05) is 7.11 Å². The Morgan fingerprint density at radius 1 is 0.808 bits per heavy atom. The Bertz CT molecular complexity index is 709. The van der Waals surface area contributed by atoms with Gasteiger partial charge in [-0.05, 0) is 51.0 Å². The first-order valence-corrected chi connectivity index (χ1v) is 9.30. The molecule has 1 aliphatic heterocycles. The standard InChI is InChI=1S/C22H29BO3/c1-16(23-25-21(2,3)22(4,5)26-23)20(17-10-8-7-9-11-17)18-12-14-19(24-6)15-13-18/h7-16,20H,1-6H3/t16-,20-/m1/s1. The van der Waals surface area contributed by atoms with Gasteiger partial charge < -0.3 is 14.0 Å². The molecule has 0 unspecified atom stereocenters. The van der Waals surface area contributed by atoms with Crippen LogP contribution in [0.25, 0.3) is 0 Å². The van der Waals surface area contributed by atoms with Crippen molar-refractivity contribution in [3.63, 3.8) is 0 Å². The fourth-order valence-corrected chi connectivity index (χ4v) is 3.53. The van der Waals surface area contributed by atoms with Crippen LogP contribution in [0.1, 0.15) is 51.7 Å². The van der Waals surface area contributed by atoms with Crippen LogP contribution in [0.5, 0.6) is 5.75 Å². The van der Waals surface area contributed by atoms with E-state index in [1.807, 2.05) is 18.2 Å². The minimum absolute atomic E-state index is 0.159. The van der Waals surface area contributed by atoms with E-state index in [0.717, 1.165) is 5.75 Å². The zero-order valence-corrected chi connectivity index (χ0v) is 16.7. The first kappa shape index (κ1) is 19.0. The summed E-state index contributed by atoms with van der Waals surface area (Å²) in [5, 5.41) is 0. The third kappa shape index (κ3) is 3.53. The molecule has 0 N–H and O–H groups in total. The van der Waals surface area contributed by atoms with Crippen molar-refractivity contribution in [3.05, 3.63) is 65.7 Å². The van der Waals surface area contributed by atoms with Crippen molar-refractivity contribution in [1.82, 2.24) is 0 Å². The summed E-state index contributed by atoms with van der Waals surface area (Å²) >= 11 is 0. The summed E-state index contributed by atoms with van der Waals surface area (Å²) < 4.78 is 18.0. The number of rotatable bonds is 5. The van der Waals surface area contributed by atoms with Crippen molar-refractivity contribution < 1.29 is 14.0 Å². The summed E-state index contributed by atoms with van der Waals surface area (Å²) in [6.07, 6.45) is 0. The molecular formula is C22H29BO3. The van der Waals surface area contributed by atoms with Gasteiger partial charge in [-0.15, -0.1) is 0 Å². The Balaban J connectivity index is 1.96. The van der Waals surface area contributed by atoms with Gasteiger partial charge in [-0.3, -0.25) is 0 Å². The van der Waals surface area contributed by atoms with E-state index in [4.69, 9.17) is 14.0 Å². The van der Waals surface area contributed by atoms with E-state index in [9.17, 15) is 0 Å². The number of hydrogen-bond acceptors (Lipinski definition) is 3. The fourth-order valence-electron chi connectivity index (χ4n) is 3.53. The average molecular weight is 352 g/mol. The van der Waals surface area contributed by atoms with E-state index < -0.39 is 0 Å². The van der Waals surface area contributed by atoms with Gasteiger partial charge in [0.25, 0.3) is 0 Å². The predicted molar refractivity (Wildman–Crippen MR) is 107 cm³/mol. The molecule has 0 aromatic heterocycles. The lowest BCUT2D eigenvalue weighted by molar-refractivity contribution is 0.00578. The Kier molecular flexibility index (Phi) is 5.18. The Morgan fingerprint density at radius 3 is 1.81 bits per heavy atom. The van der Waals surface area contributed by atoms with Crippen LogP contribution >= 0.6 is 0 Å². The van der Waals surface area contributed by atoms with Crippen LogP contribution in [0.2, 0.25) is 5.82 Å². The Hall–Kier alpha value is -1.78. The van der Waals surface area contributed by atoms with Crippen molar-refractivity contribution >= 4 is 7.12 Å². The summed E-state index contributed by atoms with van der Waals surface area (Å²) in [6.45, 7) is 10.6. The van der Waals surface area contributed by atoms with E-state index in [2.05, 4.69) is 71.0 Å². The maximum Gasteiger partial charge on any atom is 0.461 e. The second kappa shape index (κ2) is 7.09. The highest BCUT2D eigenvalue weighted by Crippen LogP contribution is 2.46. The van der Waals surface area contributed by atoms with Crippen LogP contribution in [0.3, 0.4) is 0 Å². The van der Waals surface area contributed by atoms with Gasteiger partial charge in [-0.25, -0.2) is 0 Å². The molecule has 1 heterocycles. The summed E-state index contributed by atoms with van der Waals surface area (Å²) in [5.41, 5.74) is 1.85. The quantitative estimate of drug-likeness (QED) is 0.683. The summed E-state index contributed by atoms with van der Waals surface area (Å²) in [4.78, 5) is 0. The van der Waals surface area contributed by atoms with E-state index in [-0.39, 0.29) is 30.1 Å². The minimum Gasteiger partial charge on any atom is -0.497 e. The lowest BCUT2D eigenvalue weighted by Crippen LogP contribution is -2.41. The second-order valence-electron chi connectivity index (χ2n) is 8.15. The average Bonchev–Trinajstić information content (AvgIpc) is 2.84.